The van der Waals surface area contributed by atoms with Gasteiger partial charge in [0.15, 0.2) is 0 Å². The molecule has 0 aromatic heterocycles. The Morgan fingerprint density at radius 3 is 2.33 bits per heavy atom. The zero-order chi connectivity index (χ0) is 15.5. The third kappa shape index (κ3) is 5.26. The lowest BCUT2D eigenvalue weighted by atomic mass is 9.92. The number of piperazine rings is 1. The van der Waals surface area contributed by atoms with Crippen molar-refractivity contribution in [3.8, 4) is 0 Å². The van der Waals surface area contributed by atoms with Crippen LogP contribution in [0, 0.1) is 11.3 Å². The minimum Gasteiger partial charge on any atom is -0.340 e. The van der Waals surface area contributed by atoms with Gasteiger partial charge in [0.2, 0.25) is 5.91 Å². The maximum Gasteiger partial charge on any atom is 0.222 e. The zero-order valence-corrected chi connectivity index (χ0v) is 14.1. The molecular weight excluding hydrogens is 262 g/mol. The molecule has 1 saturated heterocycles. The van der Waals surface area contributed by atoms with Crippen LogP contribution in [0.3, 0.4) is 0 Å². The van der Waals surface area contributed by atoms with Crippen molar-refractivity contribution in [2.45, 2.75) is 58.9 Å². The zero-order valence-electron chi connectivity index (χ0n) is 14.1. The molecule has 2 aliphatic rings. The second kappa shape index (κ2) is 7.10. The van der Waals surface area contributed by atoms with Gasteiger partial charge in [-0.15, -0.1) is 0 Å². The molecule has 4 nitrogen and oxygen atoms in total. The first-order chi connectivity index (χ1) is 9.85. The number of carbonyl (C=O) groups excluding carboxylic acids is 1. The number of rotatable bonds is 4. The SMILES string of the molecule is CC(C)(C)CCN1CCN(C(=O)C[C@@H]2CCC[C@H]2N)CC1. The first-order valence-corrected chi connectivity index (χ1v) is 8.61. The summed E-state index contributed by atoms with van der Waals surface area (Å²) in [6.07, 6.45) is 5.32. The van der Waals surface area contributed by atoms with Crippen LogP contribution in [0.5, 0.6) is 0 Å². The van der Waals surface area contributed by atoms with Gasteiger partial charge in [-0.1, -0.05) is 27.2 Å². The Kier molecular flexibility index (Phi) is 5.67. The summed E-state index contributed by atoms with van der Waals surface area (Å²) in [6.45, 7) is 11.9. The van der Waals surface area contributed by atoms with E-state index in [4.69, 9.17) is 5.73 Å². The van der Waals surface area contributed by atoms with E-state index in [1.807, 2.05) is 0 Å². The maximum atomic E-state index is 12.4. The van der Waals surface area contributed by atoms with E-state index in [1.54, 1.807) is 0 Å². The largest absolute Gasteiger partial charge is 0.340 e. The van der Waals surface area contributed by atoms with E-state index in [0.29, 0.717) is 23.7 Å². The molecular formula is C17H33N3O. The lowest BCUT2D eigenvalue weighted by Gasteiger charge is -2.36. The minimum atomic E-state index is 0.252. The molecule has 0 unspecified atom stereocenters. The summed E-state index contributed by atoms with van der Waals surface area (Å²) < 4.78 is 0. The molecule has 0 spiro atoms. The average Bonchev–Trinajstić information content (AvgIpc) is 2.82. The number of amides is 1. The van der Waals surface area contributed by atoms with Crippen LogP contribution < -0.4 is 5.73 Å². The fourth-order valence-electron chi connectivity index (χ4n) is 3.39. The third-order valence-corrected chi connectivity index (χ3v) is 5.06. The minimum absolute atomic E-state index is 0.252. The van der Waals surface area contributed by atoms with Crippen LogP contribution in [-0.2, 0) is 4.79 Å². The van der Waals surface area contributed by atoms with Gasteiger partial charge >= 0.3 is 0 Å². The van der Waals surface area contributed by atoms with E-state index in [-0.39, 0.29) is 6.04 Å². The van der Waals surface area contributed by atoms with Gasteiger partial charge < -0.3 is 10.6 Å². The molecule has 0 aromatic rings. The molecule has 21 heavy (non-hydrogen) atoms. The molecule has 0 aromatic carbocycles. The van der Waals surface area contributed by atoms with Crippen molar-refractivity contribution < 1.29 is 4.79 Å². The Morgan fingerprint density at radius 1 is 1.14 bits per heavy atom. The van der Waals surface area contributed by atoms with Crippen LogP contribution in [0.25, 0.3) is 0 Å². The molecule has 1 aliphatic heterocycles. The van der Waals surface area contributed by atoms with Crippen molar-refractivity contribution in [3.63, 3.8) is 0 Å². The monoisotopic (exact) mass is 295 g/mol. The summed E-state index contributed by atoms with van der Waals surface area (Å²) in [5, 5.41) is 0. The van der Waals surface area contributed by atoms with Crippen LogP contribution in [0.2, 0.25) is 0 Å². The van der Waals surface area contributed by atoms with Gasteiger partial charge in [0.25, 0.3) is 0 Å². The number of hydrogen-bond acceptors (Lipinski definition) is 3. The summed E-state index contributed by atoms with van der Waals surface area (Å²) in [5.74, 6) is 0.754. The number of nitrogens with two attached hydrogens (primary N) is 1. The topological polar surface area (TPSA) is 49.6 Å². The van der Waals surface area contributed by atoms with E-state index >= 15 is 0 Å². The van der Waals surface area contributed by atoms with Gasteiger partial charge in [-0.25, -0.2) is 0 Å². The lowest BCUT2D eigenvalue weighted by molar-refractivity contribution is -0.134. The first-order valence-electron chi connectivity index (χ1n) is 8.61. The summed E-state index contributed by atoms with van der Waals surface area (Å²) >= 11 is 0. The molecule has 2 rings (SSSR count). The molecule has 1 saturated carbocycles. The van der Waals surface area contributed by atoms with Gasteiger partial charge in [0.1, 0.15) is 0 Å². The summed E-state index contributed by atoms with van der Waals surface area (Å²) in [4.78, 5) is 16.9. The Bertz CT molecular complexity index is 342. The van der Waals surface area contributed by atoms with E-state index in [9.17, 15) is 4.79 Å². The molecule has 1 aliphatic carbocycles. The second-order valence-corrected chi connectivity index (χ2v) is 8.09. The van der Waals surface area contributed by atoms with Crippen LogP contribution in [0.15, 0.2) is 0 Å². The van der Waals surface area contributed by atoms with Gasteiger partial charge in [0.05, 0.1) is 0 Å². The lowest BCUT2D eigenvalue weighted by Crippen LogP contribution is -2.49. The number of carbonyl (C=O) groups is 1. The van der Waals surface area contributed by atoms with Gasteiger partial charge in [-0.05, 0) is 37.1 Å². The third-order valence-electron chi connectivity index (χ3n) is 5.06. The van der Waals surface area contributed by atoms with Crippen LogP contribution in [0.4, 0.5) is 0 Å². The predicted molar refractivity (Wildman–Crippen MR) is 87.0 cm³/mol. The van der Waals surface area contributed by atoms with E-state index in [0.717, 1.165) is 45.6 Å². The number of hydrogen-bond donors (Lipinski definition) is 1. The first kappa shape index (κ1) is 16.8. The van der Waals surface area contributed by atoms with Gasteiger partial charge in [-0.3, -0.25) is 9.69 Å². The van der Waals surface area contributed by atoms with Gasteiger partial charge in [-0.2, -0.15) is 0 Å². The average molecular weight is 295 g/mol. The van der Waals surface area contributed by atoms with Crippen LogP contribution >= 0.6 is 0 Å². The standard InChI is InChI=1S/C17H33N3O/c1-17(2,3)7-8-19-9-11-20(12-10-19)16(21)13-14-5-4-6-15(14)18/h14-15H,4-13,18H2,1-3H3/t14-,15+/m0/s1. The van der Waals surface area contributed by atoms with Crippen molar-refractivity contribution in [2.75, 3.05) is 32.7 Å². The highest BCUT2D eigenvalue weighted by atomic mass is 16.2. The number of nitrogens with zero attached hydrogens (tertiary/aromatic N) is 2. The maximum absolute atomic E-state index is 12.4. The van der Waals surface area contributed by atoms with Crippen molar-refractivity contribution in [2.24, 2.45) is 17.1 Å². The summed E-state index contributed by atoms with van der Waals surface area (Å²) in [6, 6.07) is 0.252. The summed E-state index contributed by atoms with van der Waals surface area (Å²) in [5.41, 5.74) is 6.47. The molecule has 0 radical (unpaired) electrons. The van der Waals surface area contributed by atoms with E-state index < -0.39 is 0 Å². The highest BCUT2D eigenvalue weighted by molar-refractivity contribution is 5.76. The van der Waals surface area contributed by atoms with Crippen molar-refractivity contribution in [3.05, 3.63) is 0 Å². The second-order valence-electron chi connectivity index (χ2n) is 8.09. The summed E-state index contributed by atoms with van der Waals surface area (Å²) in [7, 11) is 0. The Labute approximate surface area is 130 Å². The molecule has 1 amide bonds. The van der Waals surface area contributed by atoms with Crippen molar-refractivity contribution in [1.82, 2.24) is 9.80 Å². The van der Waals surface area contributed by atoms with E-state index in [2.05, 4.69) is 30.6 Å². The van der Waals surface area contributed by atoms with E-state index in [1.165, 1.54) is 12.8 Å². The van der Waals surface area contributed by atoms with Crippen molar-refractivity contribution in [1.29, 1.82) is 0 Å². The molecule has 4 heteroatoms. The molecule has 2 fully saturated rings. The van der Waals surface area contributed by atoms with Crippen LogP contribution in [0.1, 0.15) is 52.9 Å². The van der Waals surface area contributed by atoms with Crippen molar-refractivity contribution >= 4 is 5.91 Å². The Morgan fingerprint density at radius 2 is 1.81 bits per heavy atom. The smallest absolute Gasteiger partial charge is 0.222 e. The Balaban J connectivity index is 1.69. The quantitative estimate of drug-likeness (QED) is 0.864. The normalized spacial score (nSPS) is 28.1. The molecule has 0 bridgehead atoms. The highest BCUT2D eigenvalue weighted by Gasteiger charge is 2.29. The molecule has 2 atom stereocenters. The molecule has 2 N–H and O–H groups in total. The molecule has 122 valence electrons. The fourth-order valence-corrected chi connectivity index (χ4v) is 3.39. The fraction of sp³-hybridized carbons (Fsp3) is 0.941. The van der Waals surface area contributed by atoms with Gasteiger partial charge in [0, 0.05) is 38.6 Å². The Hall–Kier alpha value is -0.610. The highest BCUT2D eigenvalue weighted by Crippen LogP contribution is 2.27. The molecule has 1 heterocycles. The predicted octanol–water partition coefficient (Wildman–Crippen LogP) is 2.08. The van der Waals surface area contributed by atoms with Crippen LogP contribution in [-0.4, -0.2) is 54.5 Å².